The maximum atomic E-state index is 12.4. The summed E-state index contributed by atoms with van der Waals surface area (Å²) >= 11 is 0. The lowest BCUT2D eigenvalue weighted by Gasteiger charge is -2.22. The number of esters is 1. The van der Waals surface area contributed by atoms with Gasteiger partial charge in [-0.15, -0.1) is 0 Å². The summed E-state index contributed by atoms with van der Waals surface area (Å²) in [7, 11) is -2.26. The standard InChI is InChI=1S/C18H26N2O5S/c1-6-20(7-2)26(23,24)15-11-8-14(9-12-15)10-13-16(21)19-18(3,4)17(22)25-5/h8-13H,6-7H2,1-5H3,(H,19,21)/b13-10+. The van der Waals surface area contributed by atoms with Crippen LogP contribution in [0.15, 0.2) is 35.2 Å². The second-order valence-electron chi connectivity index (χ2n) is 6.10. The Bertz CT molecular complexity index is 763. The quantitative estimate of drug-likeness (QED) is 0.547. The van der Waals surface area contributed by atoms with E-state index in [0.29, 0.717) is 18.7 Å². The van der Waals surface area contributed by atoms with Gasteiger partial charge in [0.25, 0.3) is 0 Å². The number of hydrogen-bond acceptors (Lipinski definition) is 5. The van der Waals surface area contributed by atoms with Crippen LogP contribution in [-0.4, -0.2) is 50.3 Å². The highest BCUT2D eigenvalue weighted by Gasteiger charge is 2.29. The van der Waals surface area contributed by atoms with E-state index in [1.54, 1.807) is 26.0 Å². The van der Waals surface area contributed by atoms with Gasteiger partial charge in [-0.2, -0.15) is 4.31 Å². The molecule has 0 saturated carbocycles. The Balaban J connectivity index is 2.86. The van der Waals surface area contributed by atoms with Crippen LogP contribution < -0.4 is 5.32 Å². The molecule has 0 aliphatic heterocycles. The Hall–Kier alpha value is -2.19. The van der Waals surface area contributed by atoms with Crippen molar-refractivity contribution in [2.75, 3.05) is 20.2 Å². The molecule has 1 N–H and O–H groups in total. The molecule has 0 fully saturated rings. The van der Waals surface area contributed by atoms with Crippen LogP contribution in [0.5, 0.6) is 0 Å². The first-order chi connectivity index (χ1) is 12.1. The van der Waals surface area contributed by atoms with Crippen LogP contribution in [-0.2, 0) is 24.3 Å². The first kappa shape index (κ1) is 21.9. The molecule has 0 atom stereocenters. The van der Waals surface area contributed by atoms with Gasteiger partial charge in [0.05, 0.1) is 12.0 Å². The topological polar surface area (TPSA) is 92.8 Å². The Kier molecular flexibility index (Phi) is 7.53. The Morgan fingerprint density at radius 1 is 1.15 bits per heavy atom. The van der Waals surface area contributed by atoms with Crippen molar-refractivity contribution in [3.05, 3.63) is 35.9 Å². The van der Waals surface area contributed by atoms with Crippen molar-refractivity contribution >= 4 is 28.0 Å². The first-order valence-corrected chi connectivity index (χ1v) is 9.71. The van der Waals surface area contributed by atoms with Gasteiger partial charge in [0.15, 0.2) is 0 Å². The predicted octanol–water partition coefficient (Wildman–Crippen LogP) is 1.80. The van der Waals surface area contributed by atoms with Gasteiger partial charge in [-0.25, -0.2) is 13.2 Å². The molecule has 1 aromatic carbocycles. The van der Waals surface area contributed by atoms with Crippen LogP contribution in [0.4, 0.5) is 0 Å². The summed E-state index contributed by atoms with van der Waals surface area (Å²) in [4.78, 5) is 23.7. The molecule has 1 amide bonds. The molecule has 0 unspecified atom stereocenters. The summed E-state index contributed by atoms with van der Waals surface area (Å²) in [5.74, 6) is -1.01. The first-order valence-electron chi connectivity index (χ1n) is 8.27. The van der Waals surface area contributed by atoms with Crippen LogP contribution in [0.1, 0.15) is 33.3 Å². The number of carbonyl (C=O) groups excluding carboxylic acids is 2. The number of amides is 1. The lowest BCUT2D eigenvalue weighted by Crippen LogP contribution is -2.49. The molecule has 7 nitrogen and oxygen atoms in total. The van der Waals surface area contributed by atoms with Crippen LogP contribution >= 0.6 is 0 Å². The van der Waals surface area contributed by atoms with Crippen molar-refractivity contribution in [3.8, 4) is 0 Å². The number of carbonyl (C=O) groups is 2. The number of methoxy groups -OCH3 is 1. The molecule has 0 aromatic heterocycles. The molecule has 8 heteroatoms. The maximum Gasteiger partial charge on any atom is 0.330 e. The molecule has 0 bridgehead atoms. The van der Waals surface area contributed by atoms with E-state index in [1.807, 2.05) is 0 Å². The number of rotatable bonds is 8. The summed E-state index contributed by atoms with van der Waals surface area (Å²) in [6.07, 6.45) is 2.81. The maximum absolute atomic E-state index is 12.4. The lowest BCUT2D eigenvalue weighted by molar-refractivity contribution is -0.148. The zero-order valence-electron chi connectivity index (χ0n) is 15.8. The molecule has 0 aliphatic rings. The predicted molar refractivity (Wildman–Crippen MR) is 99.8 cm³/mol. The summed E-state index contributed by atoms with van der Waals surface area (Å²) in [5.41, 5.74) is -0.479. The number of ether oxygens (including phenoxy) is 1. The van der Waals surface area contributed by atoms with Crippen molar-refractivity contribution in [2.45, 2.75) is 38.1 Å². The summed E-state index contributed by atoms with van der Waals surface area (Å²) in [6, 6.07) is 6.24. The number of nitrogens with one attached hydrogen (secondary N) is 1. The molecule has 1 aromatic rings. The molecule has 0 spiro atoms. The van der Waals surface area contributed by atoms with E-state index in [-0.39, 0.29) is 4.90 Å². The third-order valence-electron chi connectivity index (χ3n) is 3.78. The van der Waals surface area contributed by atoms with Crippen molar-refractivity contribution < 1.29 is 22.7 Å². The second kappa shape index (κ2) is 8.95. The lowest BCUT2D eigenvalue weighted by atomic mass is 10.1. The monoisotopic (exact) mass is 382 g/mol. The average Bonchev–Trinajstić information content (AvgIpc) is 2.60. The number of hydrogen-bond donors (Lipinski definition) is 1. The number of nitrogens with zero attached hydrogens (tertiary/aromatic N) is 1. The molecular weight excluding hydrogens is 356 g/mol. The van der Waals surface area contributed by atoms with E-state index in [9.17, 15) is 18.0 Å². The van der Waals surface area contributed by atoms with Crippen LogP contribution in [0, 0.1) is 0 Å². The van der Waals surface area contributed by atoms with Gasteiger partial charge in [-0.3, -0.25) is 4.79 Å². The summed E-state index contributed by atoms with van der Waals surface area (Å²) in [5, 5.41) is 2.54. The summed E-state index contributed by atoms with van der Waals surface area (Å²) in [6.45, 7) is 7.45. The average molecular weight is 382 g/mol. The summed E-state index contributed by atoms with van der Waals surface area (Å²) < 4.78 is 30.8. The molecule has 0 aliphatic carbocycles. The van der Waals surface area contributed by atoms with Gasteiger partial charge in [0, 0.05) is 19.2 Å². The largest absolute Gasteiger partial charge is 0.467 e. The van der Waals surface area contributed by atoms with E-state index < -0.39 is 27.4 Å². The zero-order valence-corrected chi connectivity index (χ0v) is 16.6. The number of benzene rings is 1. The fraction of sp³-hybridized carbons (Fsp3) is 0.444. The second-order valence-corrected chi connectivity index (χ2v) is 8.04. The number of sulfonamides is 1. The van der Waals surface area contributed by atoms with Crippen LogP contribution in [0.3, 0.4) is 0 Å². The highest BCUT2D eigenvalue weighted by molar-refractivity contribution is 7.89. The van der Waals surface area contributed by atoms with Crippen molar-refractivity contribution in [2.24, 2.45) is 0 Å². The van der Waals surface area contributed by atoms with E-state index >= 15 is 0 Å². The molecule has 0 saturated heterocycles. The molecule has 144 valence electrons. The normalized spacial score (nSPS) is 12.4. The Morgan fingerprint density at radius 2 is 1.69 bits per heavy atom. The van der Waals surface area contributed by atoms with Gasteiger partial charge < -0.3 is 10.1 Å². The molecule has 0 radical (unpaired) electrons. The van der Waals surface area contributed by atoms with Crippen LogP contribution in [0.2, 0.25) is 0 Å². The highest BCUT2D eigenvalue weighted by Crippen LogP contribution is 2.16. The SMILES string of the molecule is CCN(CC)S(=O)(=O)c1ccc(/C=C/C(=O)NC(C)(C)C(=O)OC)cc1. The van der Waals surface area contributed by atoms with Gasteiger partial charge in [0.2, 0.25) is 15.9 Å². The van der Waals surface area contributed by atoms with Gasteiger partial charge in [0.1, 0.15) is 5.54 Å². The Morgan fingerprint density at radius 3 is 2.15 bits per heavy atom. The minimum atomic E-state index is -3.51. The van der Waals surface area contributed by atoms with Crippen LogP contribution in [0.25, 0.3) is 6.08 Å². The minimum absolute atomic E-state index is 0.203. The fourth-order valence-electron chi connectivity index (χ4n) is 2.29. The molecule has 0 heterocycles. The molecular formula is C18H26N2O5S. The fourth-order valence-corrected chi connectivity index (χ4v) is 3.75. The minimum Gasteiger partial charge on any atom is -0.467 e. The third kappa shape index (κ3) is 5.40. The van der Waals surface area contributed by atoms with Crippen molar-refractivity contribution in [1.29, 1.82) is 0 Å². The van der Waals surface area contributed by atoms with Gasteiger partial charge >= 0.3 is 5.97 Å². The third-order valence-corrected chi connectivity index (χ3v) is 5.85. The van der Waals surface area contributed by atoms with Crippen molar-refractivity contribution in [1.82, 2.24) is 9.62 Å². The zero-order chi connectivity index (χ0) is 20.0. The smallest absolute Gasteiger partial charge is 0.330 e. The van der Waals surface area contributed by atoms with E-state index in [4.69, 9.17) is 0 Å². The van der Waals surface area contributed by atoms with Gasteiger partial charge in [-0.05, 0) is 37.6 Å². The Labute approximate surface area is 155 Å². The highest BCUT2D eigenvalue weighted by atomic mass is 32.2. The molecule has 26 heavy (non-hydrogen) atoms. The van der Waals surface area contributed by atoms with Gasteiger partial charge in [-0.1, -0.05) is 26.0 Å². The van der Waals surface area contributed by atoms with E-state index in [0.717, 1.165) is 0 Å². The molecule has 1 rings (SSSR count). The van der Waals surface area contributed by atoms with E-state index in [1.165, 1.54) is 49.5 Å². The van der Waals surface area contributed by atoms with Crippen molar-refractivity contribution in [3.63, 3.8) is 0 Å². The van der Waals surface area contributed by atoms with E-state index in [2.05, 4.69) is 10.1 Å².